The van der Waals surface area contributed by atoms with Crippen LogP contribution in [0.25, 0.3) is 0 Å². The van der Waals surface area contributed by atoms with Crippen molar-refractivity contribution in [1.29, 1.82) is 0 Å². The van der Waals surface area contributed by atoms with Crippen LogP contribution in [0.5, 0.6) is 0 Å². The number of H-pyrrole nitrogens is 1. The van der Waals surface area contributed by atoms with Crippen LogP contribution >= 0.6 is 0 Å². The number of nitrogen functional groups attached to an aromatic ring is 1. The Hall–Kier alpha value is -0.920. The molecule has 3 N–H and O–H groups in total. The lowest BCUT2D eigenvalue weighted by molar-refractivity contribution is 1.14. The molecule has 44 valence electrons. The van der Waals surface area contributed by atoms with Crippen LogP contribution < -0.4 is 5.73 Å². The maximum atomic E-state index is 5.40. The summed E-state index contributed by atoms with van der Waals surface area (Å²) in [6, 6.07) is 1.94. The Bertz CT molecular complexity index is 167. The van der Waals surface area contributed by atoms with Gasteiger partial charge in [0.15, 0.2) is 0 Å². The van der Waals surface area contributed by atoms with Gasteiger partial charge in [0.1, 0.15) is 5.82 Å². The first-order valence-electron chi connectivity index (χ1n) is 2.75. The molecule has 0 atom stereocenters. The zero-order valence-corrected chi connectivity index (χ0v) is 4.94. The number of rotatable bonds is 1. The van der Waals surface area contributed by atoms with Crippen molar-refractivity contribution >= 4 is 5.82 Å². The normalized spacial score (nSPS) is 9.62. The van der Waals surface area contributed by atoms with Gasteiger partial charge in [0, 0.05) is 6.20 Å². The first-order chi connectivity index (χ1) is 3.83. The highest BCUT2D eigenvalue weighted by atomic mass is 14.8. The minimum absolute atomic E-state index is 0.752. The summed E-state index contributed by atoms with van der Waals surface area (Å²) in [5.41, 5.74) is 6.66. The number of hydrogen-bond acceptors (Lipinski definition) is 1. The van der Waals surface area contributed by atoms with Crippen LogP contribution in [0.1, 0.15) is 12.5 Å². The smallest absolute Gasteiger partial charge is 0.100 e. The topological polar surface area (TPSA) is 41.8 Å². The van der Waals surface area contributed by atoms with Gasteiger partial charge in [0.05, 0.1) is 0 Å². The van der Waals surface area contributed by atoms with Gasteiger partial charge in [-0.25, -0.2) is 0 Å². The quantitative estimate of drug-likeness (QED) is 0.559. The average Bonchev–Trinajstić information content (AvgIpc) is 2.14. The average molecular weight is 110 g/mol. The summed E-state index contributed by atoms with van der Waals surface area (Å²) in [5, 5.41) is 0. The molecule has 0 saturated heterocycles. The molecule has 0 fully saturated rings. The van der Waals surface area contributed by atoms with Crippen molar-refractivity contribution < 1.29 is 0 Å². The molecular weight excluding hydrogens is 100 g/mol. The summed E-state index contributed by atoms with van der Waals surface area (Å²) >= 11 is 0. The van der Waals surface area contributed by atoms with Gasteiger partial charge in [-0.1, -0.05) is 6.92 Å². The Morgan fingerprint density at radius 1 is 1.75 bits per heavy atom. The highest BCUT2D eigenvalue weighted by Crippen LogP contribution is 2.03. The highest BCUT2D eigenvalue weighted by molar-refractivity contribution is 5.32. The number of nitrogens with one attached hydrogen (secondary N) is 1. The summed E-state index contributed by atoms with van der Waals surface area (Å²) in [6.07, 6.45) is 2.98. The largest absolute Gasteiger partial charge is 0.385 e. The summed E-state index contributed by atoms with van der Waals surface area (Å²) in [5.74, 6) is 0.752. The molecule has 0 saturated carbocycles. The van der Waals surface area contributed by atoms with Crippen molar-refractivity contribution in [2.24, 2.45) is 0 Å². The van der Waals surface area contributed by atoms with Crippen molar-refractivity contribution in [3.63, 3.8) is 0 Å². The molecule has 1 heterocycles. The Morgan fingerprint density at radius 3 is 2.75 bits per heavy atom. The fourth-order valence-corrected chi connectivity index (χ4v) is 0.663. The van der Waals surface area contributed by atoms with E-state index in [9.17, 15) is 0 Å². The Morgan fingerprint density at radius 2 is 2.50 bits per heavy atom. The van der Waals surface area contributed by atoms with Crippen molar-refractivity contribution in [1.82, 2.24) is 4.98 Å². The Balaban J connectivity index is 2.84. The molecule has 1 aromatic heterocycles. The second-order valence-corrected chi connectivity index (χ2v) is 1.82. The van der Waals surface area contributed by atoms with Crippen LogP contribution in [0.2, 0.25) is 0 Å². The summed E-state index contributed by atoms with van der Waals surface area (Å²) in [4.78, 5) is 2.90. The fraction of sp³-hybridized carbons (Fsp3) is 0.333. The molecule has 8 heavy (non-hydrogen) atoms. The number of nitrogens with two attached hydrogens (primary N) is 1. The minimum Gasteiger partial charge on any atom is -0.385 e. The highest BCUT2D eigenvalue weighted by Gasteiger charge is 1.88. The van der Waals surface area contributed by atoms with Gasteiger partial charge in [-0.05, 0) is 18.1 Å². The van der Waals surface area contributed by atoms with Gasteiger partial charge in [-0.3, -0.25) is 0 Å². The molecule has 0 aromatic carbocycles. The first kappa shape index (κ1) is 5.22. The lowest BCUT2D eigenvalue weighted by Crippen LogP contribution is -1.80. The zero-order valence-electron chi connectivity index (χ0n) is 4.94. The molecule has 0 radical (unpaired) electrons. The van der Waals surface area contributed by atoms with E-state index in [-0.39, 0.29) is 0 Å². The molecule has 0 aliphatic carbocycles. The number of hydrogen-bond donors (Lipinski definition) is 2. The SMILES string of the molecule is CCc1c[nH]c(N)c1. The van der Waals surface area contributed by atoms with Crippen molar-refractivity contribution in [3.05, 3.63) is 17.8 Å². The molecule has 0 aliphatic heterocycles. The summed E-state index contributed by atoms with van der Waals surface area (Å²) in [6.45, 7) is 2.10. The van der Waals surface area contributed by atoms with Crippen LogP contribution in [0.4, 0.5) is 5.82 Å². The van der Waals surface area contributed by atoms with Crippen LogP contribution in [0, 0.1) is 0 Å². The van der Waals surface area contributed by atoms with Gasteiger partial charge in [0.25, 0.3) is 0 Å². The number of aryl methyl sites for hydroxylation is 1. The minimum atomic E-state index is 0.752. The lowest BCUT2D eigenvalue weighted by atomic mass is 10.3. The van der Waals surface area contributed by atoms with Gasteiger partial charge >= 0.3 is 0 Å². The predicted molar refractivity (Wildman–Crippen MR) is 34.6 cm³/mol. The Labute approximate surface area is 48.7 Å². The third-order valence-corrected chi connectivity index (χ3v) is 1.17. The third-order valence-electron chi connectivity index (χ3n) is 1.17. The molecule has 0 bridgehead atoms. The second-order valence-electron chi connectivity index (χ2n) is 1.82. The molecule has 2 heteroatoms. The maximum Gasteiger partial charge on any atom is 0.100 e. The molecule has 1 rings (SSSR count). The molecule has 2 nitrogen and oxygen atoms in total. The van der Waals surface area contributed by atoms with Crippen LogP contribution in [-0.4, -0.2) is 4.98 Å². The maximum absolute atomic E-state index is 5.40. The van der Waals surface area contributed by atoms with E-state index in [1.807, 2.05) is 12.3 Å². The summed E-state index contributed by atoms with van der Waals surface area (Å²) in [7, 11) is 0. The lowest BCUT2D eigenvalue weighted by Gasteiger charge is -1.79. The monoisotopic (exact) mass is 110 g/mol. The summed E-state index contributed by atoms with van der Waals surface area (Å²) < 4.78 is 0. The van der Waals surface area contributed by atoms with E-state index in [0.29, 0.717) is 0 Å². The second kappa shape index (κ2) is 1.90. The van der Waals surface area contributed by atoms with Crippen LogP contribution in [-0.2, 0) is 6.42 Å². The van der Waals surface area contributed by atoms with Gasteiger partial charge in [-0.2, -0.15) is 0 Å². The van der Waals surface area contributed by atoms with E-state index in [1.54, 1.807) is 0 Å². The predicted octanol–water partition coefficient (Wildman–Crippen LogP) is 1.16. The molecule has 0 unspecified atom stereocenters. The van der Waals surface area contributed by atoms with Crippen molar-refractivity contribution in [3.8, 4) is 0 Å². The Kier molecular flexibility index (Phi) is 1.24. The van der Waals surface area contributed by atoms with Crippen LogP contribution in [0.15, 0.2) is 12.3 Å². The van der Waals surface area contributed by atoms with E-state index >= 15 is 0 Å². The molecule has 0 amide bonds. The molecule has 0 aliphatic rings. The molecular formula is C6H10N2. The van der Waals surface area contributed by atoms with Crippen LogP contribution in [0.3, 0.4) is 0 Å². The van der Waals surface area contributed by atoms with Gasteiger partial charge in [-0.15, -0.1) is 0 Å². The van der Waals surface area contributed by atoms with E-state index in [2.05, 4.69) is 11.9 Å². The molecule has 1 aromatic rings. The van der Waals surface area contributed by atoms with Gasteiger partial charge in [0.2, 0.25) is 0 Å². The third kappa shape index (κ3) is 0.832. The van der Waals surface area contributed by atoms with Gasteiger partial charge < -0.3 is 10.7 Å². The standard InChI is InChI=1S/C6H10N2/c1-2-5-3-6(7)8-4-5/h3-4,8H,2,7H2,1H3. The van der Waals surface area contributed by atoms with E-state index in [1.165, 1.54) is 5.56 Å². The van der Waals surface area contributed by atoms with E-state index < -0.39 is 0 Å². The first-order valence-corrected chi connectivity index (χ1v) is 2.75. The number of aromatic nitrogens is 1. The van der Waals surface area contributed by atoms with Crippen molar-refractivity contribution in [2.45, 2.75) is 13.3 Å². The van der Waals surface area contributed by atoms with E-state index in [4.69, 9.17) is 5.73 Å². The zero-order chi connectivity index (χ0) is 5.98. The number of anilines is 1. The van der Waals surface area contributed by atoms with E-state index in [0.717, 1.165) is 12.2 Å². The fourth-order valence-electron chi connectivity index (χ4n) is 0.663. The molecule has 0 spiro atoms. The number of aromatic amines is 1. The van der Waals surface area contributed by atoms with Crippen molar-refractivity contribution in [2.75, 3.05) is 5.73 Å².